The quantitative estimate of drug-likeness (QED) is 0.326. The van der Waals surface area contributed by atoms with Gasteiger partial charge in [-0.25, -0.2) is 4.99 Å². The van der Waals surface area contributed by atoms with Crippen LogP contribution in [0.5, 0.6) is 11.5 Å². The molecule has 0 saturated heterocycles. The molecular formula is C29H38N2O5. The van der Waals surface area contributed by atoms with Crippen LogP contribution in [0.15, 0.2) is 66.2 Å². The highest BCUT2D eigenvalue weighted by atomic mass is 16.5. The lowest BCUT2D eigenvalue weighted by Crippen LogP contribution is -2.48. The fraction of sp³-hybridized carbons (Fsp3) is 0.448. The third-order valence-electron chi connectivity index (χ3n) is 6.04. The van der Waals surface area contributed by atoms with Gasteiger partial charge in [0.2, 0.25) is 5.90 Å². The van der Waals surface area contributed by atoms with Gasteiger partial charge in [0.25, 0.3) is 5.91 Å². The molecule has 3 rings (SSSR count). The van der Waals surface area contributed by atoms with E-state index in [0.29, 0.717) is 43.4 Å². The third kappa shape index (κ3) is 6.66. The Labute approximate surface area is 214 Å². The number of hydrogen-bond donors (Lipinski definition) is 2. The molecule has 2 atom stereocenters. The molecule has 1 aliphatic heterocycles. The number of ether oxygens (including phenoxy) is 3. The van der Waals surface area contributed by atoms with Gasteiger partial charge in [0.15, 0.2) is 11.6 Å². The number of nitrogens with zero attached hydrogens (tertiary/aromatic N) is 1. The number of amides is 1. The molecule has 0 unspecified atom stereocenters. The number of aliphatic imine (C=N–C) groups is 1. The van der Waals surface area contributed by atoms with Crippen molar-refractivity contribution in [2.45, 2.75) is 51.7 Å². The van der Waals surface area contributed by atoms with Crippen LogP contribution in [0.4, 0.5) is 0 Å². The zero-order valence-corrected chi connectivity index (χ0v) is 21.8. The second-order valence-corrected chi connectivity index (χ2v) is 10.1. The highest BCUT2D eigenvalue weighted by Crippen LogP contribution is 2.43. The summed E-state index contributed by atoms with van der Waals surface area (Å²) in [6.45, 7) is 11.4. The van der Waals surface area contributed by atoms with Crippen LogP contribution in [0.25, 0.3) is 0 Å². The molecule has 2 N–H and O–H groups in total. The Hall–Kier alpha value is -3.32. The van der Waals surface area contributed by atoms with Gasteiger partial charge in [-0.2, -0.15) is 0 Å². The predicted molar refractivity (Wildman–Crippen MR) is 142 cm³/mol. The summed E-state index contributed by atoms with van der Waals surface area (Å²) < 4.78 is 17.5. The van der Waals surface area contributed by atoms with Gasteiger partial charge < -0.3 is 24.6 Å². The second kappa shape index (κ2) is 12.1. The van der Waals surface area contributed by atoms with Gasteiger partial charge in [-0.3, -0.25) is 4.79 Å². The maximum atomic E-state index is 13.7. The Bertz CT molecular complexity index is 1060. The van der Waals surface area contributed by atoms with E-state index in [1.165, 1.54) is 0 Å². The molecule has 1 aliphatic rings. The summed E-state index contributed by atoms with van der Waals surface area (Å²) in [5.74, 6) is 1.55. The summed E-state index contributed by atoms with van der Waals surface area (Å²) in [7, 11) is 1.61. The Morgan fingerprint density at radius 2 is 1.97 bits per heavy atom. The summed E-state index contributed by atoms with van der Waals surface area (Å²) in [6, 6.07) is 14.9. The van der Waals surface area contributed by atoms with Crippen LogP contribution in [0.3, 0.4) is 0 Å². The standard InChI is InChI=1S/C29H38N2O5/c1-6-15-29(27(33)30-17-16-28(2,3)4)25(22-9-7-10-24(20-22)34-5)36-26(31-29)21-11-13-23(14-12-21)35-19-8-18-32/h6-7,9-14,20,25,32H,1,8,15-19H2,2-5H3,(H,30,33)/t25-,29-/m1/s1. The molecule has 7 nitrogen and oxygen atoms in total. The van der Waals surface area contributed by atoms with Crippen molar-refractivity contribution in [2.75, 3.05) is 26.9 Å². The summed E-state index contributed by atoms with van der Waals surface area (Å²) >= 11 is 0. The number of benzene rings is 2. The average molecular weight is 495 g/mol. The molecule has 0 fully saturated rings. The fourth-order valence-electron chi connectivity index (χ4n) is 4.04. The molecule has 0 radical (unpaired) electrons. The van der Waals surface area contributed by atoms with Crippen molar-refractivity contribution in [1.82, 2.24) is 5.32 Å². The van der Waals surface area contributed by atoms with E-state index < -0.39 is 11.6 Å². The molecule has 2 aromatic carbocycles. The number of carbonyl (C=O) groups excluding carboxylic acids is 1. The Morgan fingerprint density at radius 3 is 2.61 bits per heavy atom. The topological polar surface area (TPSA) is 89.4 Å². The zero-order chi connectivity index (χ0) is 26.2. The Kier molecular flexibility index (Phi) is 9.15. The van der Waals surface area contributed by atoms with Gasteiger partial charge in [-0.05, 0) is 53.8 Å². The van der Waals surface area contributed by atoms with Crippen LogP contribution in [0, 0.1) is 5.41 Å². The maximum absolute atomic E-state index is 13.7. The first-order valence-electron chi connectivity index (χ1n) is 12.4. The minimum atomic E-state index is -1.21. The highest BCUT2D eigenvalue weighted by Gasteiger charge is 2.52. The number of carbonyl (C=O) groups is 1. The van der Waals surface area contributed by atoms with Crippen LogP contribution >= 0.6 is 0 Å². The van der Waals surface area contributed by atoms with E-state index in [-0.39, 0.29) is 17.9 Å². The summed E-state index contributed by atoms with van der Waals surface area (Å²) in [5.41, 5.74) is 0.417. The smallest absolute Gasteiger partial charge is 0.252 e. The van der Waals surface area contributed by atoms with Crippen LogP contribution in [0.2, 0.25) is 0 Å². The number of aliphatic hydroxyl groups is 1. The normalized spacial score (nSPS) is 19.2. The highest BCUT2D eigenvalue weighted by molar-refractivity contribution is 6.01. The number of methoxy groups -OCH3 is 1. The van der Waals surface area contributed by atoms with Gasteiger partial charge in [0.1, 0.15) is 11.5 Å². The van der Waals surface area contributed by atoms with Gasteiger partial charge in [-0.15, -0.1) is 6.58 Å². The summed E-state index contributed by atoms with van der Waals surface area (Å²) in [5, 5.41) is 12.1. The van der Waals surface area contributed by atoms with Gasteiger partial charge in [0, 0.05) is 31.6 Å². The van der Waals surface area contributed by atoms with Crippen molar-refractivity contribution in [1.29, 1.82) is 0 Å². The van der Waals surface area contributed by atoms with Crippen LogP contribution in [-0.2, 0) is 9.53 Å². The molecule has 7 heteroatoms. The molecule has 1 amide bonds. The zero-order valence-electron chi connectivity index (χ0n) is 21.8. The van der Waals surface area contributed by atoms with Crippen LogP contribution in [-0.4, -0.2) is 49.3 Å². The monoisotopic (exact) mass is 494 g/mol. The van der Waals surface area contributed by atoms with Crippen molar-refractivity contribution in [3.63, 3.8) is 0 Å². The molecular weight excluding hydrogens is 456 g/mol. The van der Waals surface area contributed by atoms with E-state index in [1.54, 1.807) is 13.2 Å². The van der Waals surface area contributed by atoms with Gasteiger partial charge in [0.05, 0.1) is 13.7 Å². The van der Waals surface area contributed by atoms with Gasteiger partial charge >= 0.3 is 0 Å². The summed E-state index contributed by atoms with van der Waals surface area (Å²) in [4.78, 5) is 18.7. The molecule has 0 saturated carbocycles. The molecule has 2 aromatic rings. The molecule has 0 aromatic heterocycles. The van der Waals surface area contributed by atoms with Crippen molar-refractivity contribution in [3.05, 3.63) is 72.3 Å². The lowest BCUT2D eigenvalue weighted by molar-refractivity contribution is -0.128. The van der Waals surface area contributed by atoms with Crippen molar-refractivity contribution in [3.8, 4) is 11.5 Å². The van der Waals surface area contributed by atoms with Crippen LogP contribution in [0.1, 0.15) is 57.3 Å². The average Bonchev–Trinajstić information content (AvgIpc) is 3.25. The van der Waals surface area contributed by atoms with E-state index in [4.69, 9.17) is 24.3 Å². The number of rotatable bonds is 12. The van der Waals surface area contributed by atoms with E-state index in [1.807, 2.05) is 48.5 Å². The molecule has 0 spiro atoms. The van der Waals surface area contributed by atoms with Crippen molar-refractivity contribution >= 4 is 11.8 Å². The van der Waals surface area contributed by atoms with Gasteiger partial charge in [-0.1, -0.05) is 39.0 Å². The predicted octanol–water partition coefficient (Wildman–Crippen LogP) is 4.84. The van der Waals surface area contributed by atoms with E-state index >= 15 is 0 Å². The maximum Gasteiger partial charge on any atom is 0.252 e. The molecule has 36 heavy (non-hydrogen) atoms. The molecule has 194 valence electrons. The largest absolute Gasteiger partial charge is 0.497 e. The number of nitrogens with one attached hydrogen (secondary N) is 1. The van der Waals surface area contributed by atoms with E-state index in [9.17, 15) is 4.79 Å². The minimum absolute atomic E-state index is 0.0809. The Morgan fingerprint density at radius 1 is 1.22 bits per heavy atom. The first-order valence-corrected chi connectivity index (χ1v) is 12.4. The lowest BCUT2D eigenvalue weighted by Gasteiger charge is -2.30. The summed E-state index contributed by atoms with van der Waals surface area (Å²) in [6.07, 6.45) is 2.76. The van der Waals surface area contributed by atoms with E-state index in [2.05, 4.69) is 32.7 Å². The van der Waals surface area contributed by atoms with Crippen molar-refractivity contribution < 1.29 is 24.1 Å². The first kappa shape index (κ1) is 27.3. The lowest BCUT2D eigenvalue weighted by atomic mass is 9.84. The fourth-order valence-corrected chi connectivity index (χ4v) is 4.04. The number of aliphatic hydroxyl groups excluding tert-OH is 1. The molecule has 1 heterocycles. The SMILES string of the molecule is C=CC[C@@]1(C(=O)NCCC(C)(C)C)N=C(c2ccc(OCCCO)cc2)O[C@@H]1c1cccc(OC)c1. The molecule has 0 aliphatic carbocycles. The second-order valence-electron chi connectivity index (χ2n) is 10.1. The number of hydrogen-bond acceptors (Lipinski definition) is 6. The third-order valence-corrected chi connectivity index (χ3v) is 6.04. The Balaban J connectivity index is 1.96. The van der Waals surface area contributed by atoms with Crippen LogP contribution < -0.4 is 14.8 Å². The minimum Gasteiger partial charge on any atom is -0.497 e. The van der Waals surface area contributed by atoms with Crippen molar-refractivity contribution in [2.24, 2.45) is 10.4 Å². The van der Waals surface area contributed by atoms with E-state index in [0.717, 1.165) is 17.5 Å². The molecule has 0 bridgehead atoms. The first-order chi connectivity index (χ1) is 17.2.